The maximum absolute atomic E-state index is 9.06. The zero-order chi connectivity index (χ0) is 8.97. The number of aliphatic hydroxyl groups excluding tert-OH is 1. The van der Waals surface area contributed by atoms with Crippen molar-refractivity contribution in [1.82, 2.24) is 10.2 Å². The molecule has 0 radical (unpaired) electrons. The summed E-state index contributed by atoms with van der Waals surface area (Å²) >= 11 is 0. The normalized spacial score (nSPS) is 24.2. The SMILES string of the molecule is CC(O)CNC1CCN(C)CC1. The highest BCUT2D eigenvalue weighted by molar-refractivity contribution is 4.75. The molecule has 0 bridgehead atoms. The van der Waals surface area contributed by atoms with Crippen LogP contribution in [0.25, 0.3) is 0 Å². The summed E-state index contributed by atoms with van der Waals surface area (Å²) in [7, 11) is 2.16. The summed E-state index contributed by atoms with van der Waals surface area (Å²) in [6, 6.07) is 0.621. The minimum absolute atomic E-state index is 0.218. The number of hydrogen-bond donors (Lipinski definition) is 2. The zero-order valence-electron chi connectivity index (χ0n) is 8.08. The van der Waals surface area contributed by atoms with Crippen molar-refractivity contribution >= 4 is 0 Å². The molecule has 12 heavy (non-hydrogen) atoms. The van der Waals surface area contributed by atoms with Crippen molar-refractivity contribution in [3.05, 3.63) is 0 Å². The van der Waals surface area contributed by atoms with Gasteiger partial charge in [-0.25, -0.2) is 0 Å². The molecular weight excluding hydrogens is 152 g/mol. The summed E-state index contributed by atoms with van der Waals surface area (Å²) in [5.74, 6) is 0. The Morgan fingerprint density at radius 1 is 1.50 bits per heavy atom. The Labute approximate surface area is 74.8 Å². The Morgan fingerprint density at radius 2 is 2.08 bits per heavy atom. The summed E-state index contributed by atoms with van der Waals surface area (Å²) in [5.41, 5.74) is 0. The van der Waals surface area contributed by atoms with E-state index in [0.717, 1.165) is 6.54 Å². The second kappa shape index (κ2) is 4.80. The van der Waals surface area contributed by atoms with Gasteiger partial charge in [0.15, 0.2) is 0 Å². The summed E-state index contributed by atoms with van der Waals surface area (Å²) in [5, 5.41) is 12.4. The minimum Gasteiger partial charge on any atom is -0.392 e. The van der Waals surface area contributed by atoms with Crippen molar-refractivity contribution in [2.24, 2.45) is 0 Å². The standard InChI is InChI=1S/C9H20N2O/c1-8(12)7-10-9-3-5-11(2)6-4-9/h8-10,12H,3-7H2,1-2H3. The molecule has 1 heterocycles. The van der Waals surface area contributed by atoms with Gasteiger partial charge in [0.1, 0.15) is 0 Å². The van der Waals surface area contributed by atoms with Gasteiger partial charge >= 0.3 is 0 Å². The molecule has 1 saturated heterocycles. The van der Waals surface area contributed by atoms with E-state index in [2.05, 4.69) is 17.3 Å². The molecule has 0 spiro atoms. The Hall–Kier alpha value is -0.120. The third-order valence-electron chi connectivity index (χ3n) is 2.42. The van der Waals surface area contributed by atoms with Gasteiger partial charge in [-0.15, -0.1) is 0 Å². The lowest BCUT2D eigenvalue weighted by Crippen LogP contribution is -2.42. The molecule has 0 aliphatic carbocycles. The van der Waals surface area contributed by atoms with Gasteiger partial charge in [-0.3, -0.25) is 0 Å². The number of aliphatic hydroxyl groups is 1. The summed E-state index contributed by atoms with van der Waals surface area (Å²) < 4.78 is 0. The number of piperidine rings is 1. The first-order valence-electron chi connectivity index (χ1n) is 4.78. The second-order valence-electron chi connectivity index (χ2n) is 3.83. The molecule has 3 heteroatoms. The van der Waals surface area contributed by atoms with Gasteiger partial charge in [-0.1, -0.05) is 0 Å². The van der Waals surface area contributed by atoms with Crippen LogP contribution in [0.4, 0.5) is 0 Å². The van der Waals surface area contributed by atoms with Crippen LogP contribution in [0.2, 0.25) is 0 Å². The first kappa shape index (κ1) is 9.96. The highest BCUT2D eigenvalue weighted by Gasteiger charge is 2.15. The van der Waals surface area contributed by atoms with Gasteiger partial charge in [0.25, 0.3) is 0 Å². The Bertz CT molecular complexity index is 120. The van der Waals surface area contributed by atoms with Gasteiger partial charge in [-0.2, -0.15) is 0 Å². The molecule has 1 fully saturated rings. The van der Waals surface area contributed by atoms with Crippen molar-refractivity contribution in [2.75, 3.05) is 26.7 Å². The summed E-state index contributed by atoms with van der Waals surface area (Å²) in [6.45, 7) is 4.91. The maximum atomic E-state index is 9.06. The maximum Gasteiger partial charge on any atom is 0.0636 e. The zero-order valence-corrected chi connectivity index (χ0v) is 8.08. The smallest absolute Gasteiger partial charge is 0.0636 e. The highest BCUT2D eigenvalue weighted by atomic mass is 16.3. The molecule has 2 N–H and O–H groups in total. The van der Waals surface area contributed by atoms with E-state index in [1.54, 1.807) is 0 Å². The summed E-state index contributed by atoms with van der Waals surface area (Å²) in [4.78, 5) is 2.35. The van der Waals surface area contributed by atoms with Gasteiger partial charge in [-0.05, 0) is 39.9 Å². The fraction of sp³-hybridized carbons (Fsp3) is 1.00. The van der Waals surface area contributed by atoms with Crippen molar-refractivity contribution < 1.29 is 5.11 Å². The van der Waals surface area contributed by atoms with E-state index in [9.17, 15) is 0 Å². The Kier molecular flexibility index (Phi) is 3.98. The van der Waals surface area contributed by atoms with Gasteiger partial charge in [0, 0.05) is 12.6 Å². The molecule has 72 valence electrons. The molecule has 0 saturated carbocycles. The van der Waals surface area contributed by atoms with E-state index < -0.39 is 0 Å². The predicted molar refractivity (Wildman–Crippen MR) is 50.2 cm³/mol. The van der Waals surface area contributed by atoms with Crippen LogP contribution in [-0.4, -0.2) is 48.8 Å². The van der Waals surface area contributed by atoms with E-state index in [4.69, 9.17) is 5.11 Å². The first-order valence-corrected chi connectivity index (χ1v) is 4.78. The molecule has 3 nitrogen and oxygen atoms in total. The molecule has 1 unspecified atom stereocenters. The lowest BCUT2D eigenvalue weighted by molar-refractivity contribution is 0.171. The molecule has 1 rings (SSSR count). The van der Waals surface area contributed by atoms with Crippen LogP contribution in [0.15, 0.2) is 0 Å². The largest absolute Gasteiger partial charge is 0.392 e. The van der Waals surface area contributed by atoms with E-state index in [1.165, 1.54) is 25.9 Å². The van der Waals surface area contributed by atoms with Gasteiger partial charge < -0.3 is 15.3 Å². The topological polar surface area (TPSA) is 35.5 Å². The molecule has 0 aromatic heterocycles. The van der Waals surface area contributed by atoms with Crippen molar-refractivity contribution in [2.45, 2.75) is 31.9 Å². The molecule has 1 atom stereocenters. The van der Waals surface area contributed by atoms with Crippen LogP contribution in [0, 0.1) is 0 Å². The molecule has 0 aromatic carbocycles. The van der Waals surface area contributed by atoms with Gasteiger partial charge in [0.05, 0.1) is 6.10 Å². The Morgan fingerprint density at radius 3 is 2.58 bits per heavy atom. The molecule has 1 aliphatic rings. The molecule has 0 aromatic rings. The summed E-state index contributed by atoms with van der Waals surface area (Å²) in [6.07, 6.45) is 2.21. The average Bonchev–Trinajstić information content (AvgIpc) is 2.03. The highest BCUT2D eigenvalue weighted by Crippen LogP contribution is 2.07. The van der Waals surface area contributed by atoms with E-state index in [0.29, 0.717) is 6.04 Å². The van der Waals surface area contributed by atoms with Crippen molar-refractivity contribution in [3.8, 4) is 0 Å². The van der Waals surface area contributed by atoms with Crippen LogP contribution in [-0.2, 0) is 0 Å². The molecule has 1 aliphatic heterocycles. The number of rotatable bonds is 3. The molecule has 0 amide bonds. The lowest BCUT2D eigenvalue weighted by Gasteiger charge is -2.29. The van der Waals surface area contributed by atoms with Crippen LogP contribution in [0.5, 0.6) is 0 Å². The van der Waals surface area contributed by atoms with Gasteiger partial charge in [0.2, 0.25) is 0 Å². The van der Waals surface area contributed by atoms with Crippen molar-refractivity contribution in [3.63, 3.8) is 0 Å². The van der Waals surface area contributed by atoms with Crippen LogP contribution >= 0.6 is 0 Å². The lowest BCUT2D eigenvalue weighted by atomic mass is 10.1. The first-order chi connectivity index (χ1) is 5.68. The predicted octanol–water partition coefficient (Wildman–Crippen LogP) is 0.0510. The second-order valence-corrected chi connectivity index (χ2v) is 3.83. The van der Waals surface area contributed by atoms with E-state index in [-0.39, 0.29) is 6.10 Å². The number of hydrogen-bond acceptors (Lipinski definition) is 3. The monoisotopic (exact) mass is 172 g/mol. The quantitative estimate of drug-likeness (QED) is 0.631. The number of nitrogens with one attached hydrogen (secondary N) is 1. The fourth-order valence-electron chi connectivity index (χ4n) is 1.55. The van der Waals surface area contributed by atoms with E-state index in [1.807, 2.05) is 6.92 Å². The van der Waals surface area contributed by atoms with E-state index >= 15 is 0 Å². The van der Waals surface area contributed by atoms with Crippen LogP contribution in [0.3, 0.4) is 0 Å². The van der Waals surface area contributed by atoms with Crippen LogP contribution < -0.4 is 5.32 Å². The number of nitrogens with zero attached hydrogens (tertiary/aromatic N) is 1. The average molecular weight is 172 g/mol. The van der Waals surface area contributed by atoms with Crippen LogP contribution in [0.1, 0.15) is 19.8 Å². The third kappa shape index (κ3) is 3.52. The third-order valence-corrected chi connectivity index (χ3v) is 2.42. The number of likely N-dealkylation sites (tertiary alicyclic amines) is 1. The minimum atomic E-state index is -0.218. The fourth-order valence-corrected chi connectivity index (χ4v) is 1.55. The van der Waals surface area contributed by atoms with Crippen molar-refractivity contribution in [1.29, 1.82) is 0 Å². The Balaban J connectivity index is 2.09. The molecular formula is C9H20N2O.